The predicted octanol–water partition coefficient (Wildman–Crippen LogP) is 4.73. The van der Waals surface area contributed by atoms with E-state index in [9.17, 15) is 9.59 Å². The molecule has 3 aromatic carbocycles. The van der Waals surface area contributed by atoms with E-state index in [0.29, 0.717) is 35.6 Å². The lowest BCUT2D eigenvalue weighted by Gasteiger charge is -2.09. The van der Waals surface area contributed by atoms with Gasteiger partial charge in [-0.15, -0.1) is 0 Å². The van der Waals surface area contributed by atoms with Gasteiger partial charge in [0.25, 0.3) is 5.91 Å². The van der Waals surface area contributed by atoms with Gasteiger partial charge in [-0.25, -0.2) is 4.79 Å². The monoisotopic (exact) mass is 471 g/mol. The van der Waals surface area contributed by atoms with Crippen LogP contribution in [0, 0.1) is 0 Å². The van der Waals surface area contributed by atoms with Crippen LogP contribution in [0.5, 0.6) is 5.75 Å². The number of nitrogens with zero attached hydrogens (tertiary/aromatic N) is 2. The topological polar surface area (TPSA) is 89.9 Å². The summed E-state index contributed by atoms with van der Waals surface area (Å²) in [6, 6.07) is 22.3. The van der Waals surface area contributed by atoms with E-state index in [1.54, 1.807) is 34.9 Å². The maximum atomic E-state index is 12.7. The van der Waals surface area contributed by atoms with Crippen LogP contribution in [0.2, 0.25) is 0 Å². The lowest BCUT2D eigenvalue weighted by atomic mass is 10.1. The van der Waals surface area contributed by atoms with Crippen molar-refractivity contribution >= 4 is 33.5 Å². The molecular weight excluding hydrogens is 446 g/mol. The molecule has 0 aliphatic carbocycles. The van der Waals surface area contributed by atoms with Gasteiger partial charge >= 0.3 is 5.76 Å². The molecule has 0 aliphatic rings. The Morgan fingerprint density at radius 1 is 0.971 bits per heavy atom. The number of hydrogen-bond donors (Lipinski definition) is 1. The number of ether oxygens (including phenoxy) is 1. The zero-order valence-corrected chi connectivity index (χ0v) is 19.5. The largest absolute Gasteiger partial charge is 0.486 e. The second-order valence-corrected chi connectivity index (χ2v) is 8.52. The molecule has 8 nitrogen and oxygen atoms in total. The van der Waals surface area contributed by atoms with Crippen LogP contribution in [0.25, 0.3) is 21.9 Å². The van der Waals surface area contributed by atoms with Crippen molar-refractivity contribution in [1.82, 2.24) is 9.47 Å². The van der Waals surface area contributed by atoms with Crippen molar-refractivity contribution in [2.75, 3.05) is 26.0 Å². The van der Waals surface area contributed by atoms with Gasteiger partial charge in [-0.3, -0.25) is 9.36 Å². The first-order valence-corrected chi connectivity index (χ1v) is 11.3. The van der Waals surface area contributed by atoms with Crippen molar-refractivity contribution in [2.45, 2.75) is 13.2 Å². The van der Waals surface area contributed by atoms with Crippen molar-refractivity contribution < 1.29 is 18.4 Å². The summed E-state index contributed by atoms with van der Waals surface area (Å²) in [5.41, 5.74) is 1.63. The normalized spacial score (nSPS) is 11.4. The van der Waals surface area contributed by atoms with Gasteiger partial charge in [0.2, 0.25) is 0 Å². The van der Waals surface area contributed by atoms with Crippen LogP contribution in [0.1, 0.15) is 16.3 Å². The van der Waals surface area contributed by atoms with E-state index in [2.05, 4.69) is 5.32 Å². The molecule has 35 heavy (non-hydrogen) atoms. The van der Waals surface area contributed by atoms with Crippen molar-refractivity contribution in [3.63, 3.8) is 0 Å². The summed E-state index contributed by atoms with van der Waals surface area (Å²) in [5.74, 6) is 0.602. The highest BCUT2D eigenvalue weighted by Gasteiger charge is 2.15. The van der Waals surface area contributed by atoms with E-state index in [-0.39, 0.29) is 12.4 Å². The predicted molar refractivity (Wildman–Crippen MR) is 134 cm³/mol. The van der Waals surface area contributed by atoms with E-state index in [4.69, 9.17) is 13.6 Å². The number of fused-ring (bicyclic) bond motifs is 2. The summed E-state index contributed by atoms with van der Waals surface area (Å²) in [7, 11) is 3.87. The molecule has 2 aromatic heterocycles. The van der Waals surface area contributed by atoms with Crippen molar-refractivity contribution in [1.29, 1.82) is 0 Å². The number of anilines is 1. The fourth-order valence-corrected chi connectivity index (χ4v) is 3.83. The zero-order valence-electron chi connectivity index (χ0n) is 19.5. The number of carbonyl (C=O) groups excluding carboxylic acids is 1. The molecule has 5 aromatic rings. The summed E-state index contributed by atoms with van der Waals surface area (Å²) in [6.07, 6.45) is 0. The number of furan rings is 1. The number of rotatable bonds is 8. The van der Waals surface area contributed by atoms with Crippen LogP contribution >= 0.6 is 0 Å². The molecule has 0 aliphatic heterocycles. The number of aromatic nitrogens is 1. The average molecular weight is 472 g/mol. The Bertz CT molecular complexity index is 1560. The van der Waals surface area contributed by atoms with Gasteiger partial charge in [0, 0.05) is 18.8 Å². The van der Waals surface area contributed by atoms with Gasteiger partial charge in [0.05, 0.1) is 5.52 Å². The molecule has 178 valence electrons. The first kappa shape index (κ1) is 22.5. The maximum absolute atomic E-state index is 12.7. The number of carbonyl (C=O) groups is 1. The summed E-state index contributed by atoms with van der Waals surface area (Å²) in [5, 5.41) is 5.05. The third-order valence-electron chi connectivity index (χ3n) is 5.68. The van der Waals surface area contributed by atoms with E-state index in [0.717, 1.165) is 16.5 Å². The number of nitrogens with one attached hydrogen (secondary N) is 1. The lowest BCUT2D eigenvalue weighted by molar-refractivity contribution is 0.0992. The zero-order chi connectivity index (χ0) is 24.4. The van der Waals surface area contributed by atoms with E-state index < -0.39 is 11.7 Å². The molecule has 0 atom stereocenters. The molecule has 5 rings (SSSR count). The van der Waals surface area contributed by atoms with Gasteiger partial charge in [-0.05, 0) is 67.3 Å². The third kappa shape index (κ3) is 4.97. The molecule has 8 heteroatoms. The Morgan fingerprint density at radius 2 is 1.80 bits per heavy atom. The molecule has 0 spiro atoms. The van der Waals surface area contributed by atoms with Crippen molar-refractivity contribution in [3.8, 4) is 5.75 Å². The molecule has 0 fully saturated rings. The van der Waals surface area contributed by atoms with Crippen LogP contribution in [0.3, 0.4) is 0 Å². The SMILES string of the molecule is CN(C)CCn1c(=O)oc2ccc(NC(=O)c3ccc(COc4ccc5ccccc5c4)o3)cc21. The third-order valence-corrected chi connectivity index (χ3v) is 5.68. The van der Waals surface area contributed by atoms with Gasteiger partial charge < -0.3 is 23.8 Å². The quantitative estimate of drug-likeness (QED) is 0.352. The molecule has 0 unspecified atom stereocenters. The summed E-state index contributed by atoms with van der Waals surface area (Å²) in [4.78, 5) is 26.9. The van der Waals surface area contributed by atoms with Crippen LogP contribution in [-0.4, -0.2) is 36.0 Å². The summed E-state index contributed by atoms with van der Waals surface area (Å²) >= 11 is 0. The second-order valence-electron chi connectivity index (χ2n) is 8.52. The molecule has 1 amide bonds. The maximum Gasteiger partial charge on any atom is 0.419 e. The second kappa shape index (κ2) is 9.52. The number of likely N-dealkylation sites (N-methyl/N-ethyl adjacent to an activating group) is 1. The highest BCUT2D eigenvalue weighted by Crippen LogP contribution is 2.23. The van der Waals surface area contributed by atoms with E-state index in [1.807, 2.05) is 61.5 Å². The van der Waals surface area contributed by atoms with Gasteiger partial charge in [0.1, 0.15) is 18.1 Å². The first-order valence-electron chi connectivity index (χ1n) is 11.3. The van der Waals surface area contributed by atoms with E-state index >= 15 is 0 Å². The fraction of sp³-hybridized carbons (Fsp3) is 0.185. The van der Waals surface area contributed by atoms with Gasteiger partial charge in [-0.1, -0.05) is 30.3 Å². The molecule has 0 saturated carbocycles. The van der Waals surface area contributed by atoms with Crippen LogP contribution in [0.15, 0.2) is 86.4 Å². The Balaban J connectivity index is 1.26. The smallest absolute Gasteiger partial charge is 0.419 e. The first-order chi connectivity index (χ1) is 17.0. The van der Waals surface area contributed by atoms with Crippen LogP contribution in [0.4, 0.5) is 5.69 Å². The Hall–Kier alpha value is -4.30. The molecule has 0 bridgehead atoms. The Kier molecular flexibility index (Phi) is 6.12. The van der Waals surface area contributed by atoms with Crippen LogP contribution < -0.4 is 15.8 Å². The number of benzene rings is 3. The standard InChI is InChI=1S/C27H25N3O5/c1-29(2)13-14-30-23-16-20(8-11-24(23)35-27(30)32)28-26(31)25-12-10-22(34-25)17-33-21-9-7-18-5-3-4-6-19(18)15-21/h3-12,15-16H,13-14,17H2,1-2H3,(H,28,31). The molecular formula is C27H25N3O5. The highest BCUT2D eigenvalue weighted by molar-refractivity contribution is 6.03. The van der Waals surface area contributed by atoms with E-state index in [1.165, 1.54) is 0 Å². The molecule has 0 saturated heterocycles. The minimum absolute atomic E-state index is 0.166. The number of hydrogen-bond acceptors (Lipinski definition) is 6. The minimum atomic E-state index is -0.424. The van der Waals surface area contributed by atoms with Gasteiger partial charge in [-0.2, -0.15) is 0 Å². The van der Waals surface area contributed by atoms with Crippen molar-refractivity contribution in [3.05, 3.63) is 94.9 Å². The Labute approximate surface area is 201 Å². The highest BCUT2D eigenvalue weighted by atomic mass is 16.5. The molecule has 2 heterocycles. The number of oxazole rings is 1. The summed E-state index contributed by atoms with van der Waals surface area (Å²) in [6.45, 7) is 1.36. The van der Waals surface area contributed by atoms with Crippen molar-refractivity contribution in [2.24, 2.45) is 0 Å². The number of amides is 1. The fourth-order valence-electron chi connectivity index (χ4n) is 3.83. The van der Waals surface area contributed by atoms with Gasteiger partial charge in [0.15, 0.2) is 11.3 Å². The Morgan fingerprint density at radius 3 is 2.63 bits per heavy atom. The molecule has 1 N–H and O–H groups in total. The summed E-state index contributed by atoms with van der Waals surface area (Å²) < 4.78 is 18.4. The lowest BCUT2D eigenvalue weighted by Crippen LogP contribution is -2.23. The minimum Gasteiger partial charge on any atom is -0.486 e. The van der Waals surface area contributed by atoms with Crippen LogP contribution in [-0.2, 0) is 13.2 Å². The average Bonchev–Trinajstić information content (AvgIpc) is 3.45. The molecule has 0 radical (unpaired) electrons.